The van der Waals surface area contributed by atoms with Crippen LogP contribution in [0.15, 0.2) is 0 Å². The Bertz CT molecular complexity index is 323. The average Bonchev–Trinajstić information content (AvgIpc) is 2.86. The Morgan fingerprint density at radius 3 is 2.63 bits per heavy atom. The van der Waals surface area contributed by atoms with Gasteiger partial charge in [-0.15, -0.1) is 0 Å². The second-order valence-electron chi connectivity index (χ2n) is 4.56. The number of hydrogen-bond donors (Lipinski definition) is 1. The zero-order valence-electron chi connectivity index (χ0n) is 11.7. The van der Waals surface area contributed by atoms with Gasteiger partial charge in [0, 0.05) is 27.2 Å². The van der Waals surface area contributed by atoms with Gasteiger partial charge in [0.05, 0.1) is 25.9 Å². The molecule has 1 fully saturated rings. The predicted molar refractivity (Wildman–Crippen MR) is 68.0 cm³/mol. The number of carboxylic acid groups (broad SMARTS) is 1. The highest BCUT2D eigenvalue weighted by molar-refractivity contribution is 5.77. The lowest BCUT2D eigenvalue weighted by molar-refractivity contribution is -0.142. The number of nitrogens with zero attached hydrogens (tertiary/aromatic N) is 2. The van der Waals surface area contributed by atoms with Crippen LogP contribution in [0.2, 0.25) is 0 Å². The predicted octanol–water partition coefficient (Wildman–Crippen LogP) is 0.106. The van der Waals surface area contributed by atoms with E-state index in [0.29, 0.717) is 19.8 Å². The Kier molecular flexibility index (Phi) is 6.04. The molecular weight excluding hydrogens is 252 g/mol. The molecule has 1 aliphatic heterocycles. The molecule has 0 aromatic carbocycles. The van der Waals surface area contributed by atoms with Crippen LogP contribution in [0.1, 0.15) is 6.92 Å². The maximum Gasteiger partial charge on any atom is 0.319 e. The van der Waals surface area contributed by atoms with Crippen LogP contribution in [-0.4, -0.2) is 80.0 Å². The number of urea groups is 1. The lowest BCUT2D eigenvalue weighted by Gasteiger charge is -2.30. The van der Waals surface area contributed by atoms with Gasteiger partial charge < -0.3 is 24.4 Å². The quantitative estimate of drug-likeness (QED) is 0.695. The van der Waals surface area contributed by atoms with Gasteiger partial charge in [-0.3, -0.25) is 4.79 Å². The third-order valence-electron chi connectivity index (χ3n) is 3.27. The molecule has 7 nitrogen and oxygen atoms in total. The van der Waals surface area contributed by atoms with E-state index in [1.165, 1.54) is 9.80 Å². The zero-order chi connectivity index (χ0) is 14.4. The van der Waals surface area contributed by atoms with Crippen molar-refractivity contribution in [1.82, 2.24) is 9.80 Å². The molecule has 1 aliphatic rings. The van der Waals surface area contributed by atoms with Gasteiger partial charge >= 0.3 is 12.0 Å². The molecule has 0 aromatic rings. The Balaban J connectivity index is 2.53. The smallest absolute Gasteiger partial charge is 0.319 e. The molecule has 0 aliphatic carbocycles. The number of likely N-dealkylation sites (N-methyl/N-ethyl adjacent to an activating group) is 2. The summed E-state index contributed by atoms with van der Waals surface area (Å²) in [5.74, 6) is -1.59. The Morgan fingerprint density at radius 1 is 1.37 bits per heavy atom. The molecule has 2 amide bonds. The van der Waals surface area contributed by atoms with Crippen molar-refractivity contribution in [3.8, 4) is 0 Å². The van der Waals surface area contributed by atoms with Crippen LogP contribution < -0.4 is 0 Å². The molecule has 1 rings (SSSR count). The average molecular weight is 274 g/mol. The molecule has 0 radical (unpaired) electrons. The normalized spacial score (nSPS) is 22.3. The molecule has 0 spiro atoms. The summed E-state index contributed by atoms with van der Waals surface area (Å²) >= 11 is 0. The first-order chi connectivity index (χ1) is 8.99. The number of ether oxygens (including phenoxy) is 2. The number of amides is 2. The highest BCUT2D eigenvalue weighted by Gasteiger charge is 2.39. The molecule has 0 saturated carbocycles. The van der Waals surface area contributed by atoms with Gasteiger partial charge in [0.2, 0.25) is 0 Å². The van der Waals surface area contributed by atoms with Gasteiger partial charge in [0.1, 0.15) is 5.92 Å². The van der Waals surface area contributed by atoms with E-state index in [4.69, 9.17) is 14.6 Å². The van der Waals surface area contributed by atoms with Crippen molar-refractivity contribution in [2.24, 2.45) is 5.92 Å². The van der Waals surface area contributed by atoms with Crippen LogP contribution in [0.4, 0.5) is 4.79 Å². The monoisotopic (exact) mass is 274 g/mol. The van der Waals surface area contributed by atoms with Crippen molar-refractivity contribution in [3.63, 3.8) is 0 Å². The van der Waals surface area contributed by atoms with Crippen LogP contribution in [0, 0.1) is 5.92 Å². The summed E-state index contributed by atoms with van der Waals surface area (Å²) in [5, 5.41) is 9.07. The van der Waals surface area contributed by atoms with Gasteiger partial charge in [-0.2, -0.15) is 0 Å². The number of carboxylic acids is 1. The highest BCUT2D eigenvalue weighted by atomic mass is 16.5. The van der Waals surface area contributed by atoms with Crippen LogP contribution in [-0.2, 0) is 14.3 Å². The van der Waals surface area contributed by atoms with E-state index in [1.54, 1.807) is 14.1 Å². The molecule has 2 atom stereocenters. The minimum absolute atomic E-state index is 0.153. The Labute approximate surface area is 113 Å². The lowest BCUT2D eigenvalue weighted by Crippen LogP contribution is -2.49. The largest absolute Gasteiger partial charge is 0.481 e. The molecule has 0 aromatic heterocycles. The summed E-state index contributed by atoms with van der Waals surface area (Å²) < 4.78 is 10.4. The van der Waals surface area contributed by atoms with E-state index in [9.17, 15) is 9.59 Å². The summed E-state index contributed by atoms with van der Waals surface area (Å²) in [4.78, 5) is 26.2. The van der Waals surface area contributed by atoms with Crippen molar-refractivity contribution in [1.29, 1.82) is 0 Å². The van der Waals surface area contributed by atoms with E-state index >= 15 is 0 Å². The maximum absolute atomic E-state index is 12.1. The number of aliphatic carboxylic acids is 1. The fourth-order valence-electron chi connectivity index (χ4n) is 2.01. The minimum Gasteiger partial charge on any atom is -0.481 e. The molecule has 2 unspecified atom stereocenters. The second-order valence-corrected chi connectivity index (χ2v) is 4.56. The van der Waals surface area contributed by atoms with E-state index in [0.717, 1.165) is 0 Å². The van der Waals surface area contributed by atoms with Crippen molar-refractivity contribution >= 4 is 12.0 Å². The summed E-state index contributed by atoms with van der Waals surface area (Å²) in [6.45, 7) is 3.86. The minimum atomic E-state index is -0.931. The van der Waals surface area contributed by atoms with E-state index in [1.807, 2.05) is 6.92 Å². The molecule has 0 bridgehead atoms. The summed E-state index contributed by atoms with van der Waals surface area (Å²) in [6.07, 6.45) is 0. The lowest BCUT2D eigenvalue weighted by atomic mass is 10.0. The zero-order valence-corrected chi connectivity index (χ0v) is 11.7. The van der Waals surface area contributed by atoms with Gasteiger partial charge in [0.15, 0.2) is 0 Å². The number of hydrogen-bond acceptors (Lipinski definition) is 4. The fraction of sp³-hybridized carbons (Fsp3) is 0.833. The summed E-state index contributed by atoms with van der Waals surface area (Å²) in [7, 11) is 3.28. The van der Waals surface area contributed by atoms with Gasteiger partial charge in [0.25, 0.3) is 0 Å². The molecule has 1 saturated heterocycles. The molecule has 110 valence electrons. The van der Waals surface area contributed by atoms with Crippen molar-refractivity contribution in [2.45, 2.75) is 13.0 Å². The summed E-state index contributed by atoms with van der Waals surface area (Å²) in [5.41, 5.74) is 0. The number of carbonyl (C=O) groups excluding carboxylic acids is 1. The third kappa shape index (κ3) is 4.07. The second kappa shape index (κ2) is 7.30. The van der Waals surface area contributed by atoms with Crippen molar-refractivity contribution in [3.05, 3.63) is 0 Å². The van der Waals surface area contributed by atoms with Crippen LogP contribution in [0.25, 0.3) is 0 Å². The van der Waals surface area contributed by atoms with Gasteiger partial charge in [-0.05, 0) is 6.92 Å². The van der Waals surface area contributed by atoms with Crippen molar-refractivity contribution < 1.29 is 24.2 Å². The first-order valence-electron chi connectivity index (χ1n) is 6.35. The first-order valence-corrected chi connectivity index (χ1v) is 6.35. The Morgan fingerprint density at radius 2 is 2.05 bits per heavy atom. The first kappa shape index (κ1) is 15.7. The van der Waals surface area contributed by atoms with Crippen LogP contribution in [0.3, 0.4) is 0 Å². The number of rotatable bonds is 6. The SMILES string of the molecule is CCOCCN(C)C(=O)N(C)C1COCC1C(=O)O. The maximum atomic E-state index is 12.1. The van der Waals surface area contributed by atoms with Crippen LogP contribution in [0.5, 0.6) is 0 Å². The van der Waals surface area contributed by atoms with E-state index in [-0.39, 0.29) is 19.2 Å². The summed E-state index contributed by atoms with van der Waals surface area (Å²) in [6, 6.07) is -0.638. The highest BCUT2D eigenvalue weighted by Crippen LogP contribution is 2.19. The van der Waals surface area contributed by atoms with Gasteiger partial charge in [-0.25, -0.2) is 4.79 Å². The van der Waals surface area contributed by atoms with Crippen molar-refractivity contribution in [2.75, 3.05) is 47.1 Å². The number of carbonyl (C=O) groups is 2. The van der Waals surface area contributed by atoms with Crippen LogP contribution >= 0.6 is 0 Å². The fourth-order valence-corrected chi connectivity index (χ4v) is 2.01. The molecule has 1 N–H and O–H groups in total. The topological polar surface area (TPSA) is 79.3 Å². The van der Waals surface area contributed by atoms with Gasteiger partial charge in [-0.1, -0.05) is 0 Å². The molecular formula is C12H22N2O5. The third-order valence-corrected chi connectivity index (χ3v) is 3.27. The Hall–Kier alpha value is -1.34. The molecule has 19 heavy (non-hydrogen) atoms. The molecule has 7 heteroatoms. The molecule has 1 heterocycles. The van der Waals surface area contributed by atoms with E-state index in [2.05, 4.69) is 0 Å². The standard InChI is InChI=1S/C12H22N2O5/c1-4-18-6-5-13(2)12(17)14(3)10-8-19-7-9(10)11(15)16/h9-10H,4-8H2,1-3H3,(H,15,16). The van der Waals surface area contributed by atoms with E-state index < -0.39 is 17.9 Å².